The molecule has 2 fully saturated rings. The summed E-state index contributed by atoms with van der Waals surface area (Å²) in [4.78, 5) is 13.1. The van der Waals surface area contributed by atoms with Gasteiger partial charge in [-0.3, -0.25) is 0 Å². The molecule has 1 unspecified atom stereocenters. The molecule has 136 valence electrons. The topological polar surface area (TPSA) is 52.6 Å². The molecule has 1 aliphatic heterocycles. The van der Waals surface area contributed by atoms with Crippen molar-refractivity contribution in [3.63, 3.8) is 0 Å². The van der Waals surface area contributed by atoms with Gasteiger partial charge in [-0.2, -0.15) is 0 Å². The molecule has 1 aromatic rings. The molecule has 0 amide bonds. The Hall–Kier alpha value is -0.410. The van der Waals surface area contributed by atoms with Crippen LogP contribution in [0.1, 0.15) is 43.0 Å². The minimum absolute atomic E-state index is 0. The van der Waals surface area contributed by atoms with Crippen LogP contribution in [0.4, 0.5) is 0 Å². The second-order valence-corrected chi connectivity index (χ2v) is 7.73. The SMILES string of the molecule is CCNC(=NCc1ncc(CC)s1)NCC1CCN(C2CC2)C1.I. The van der Waals surface area contributed by atoms with E-state index in [0.29, 0.717) is 6.54 Å². The zero-order valence-electron chi connectivity index (χ0n) is 14.8. The van der Waals surface area contributed by atoms with Crippen LogP contribution in [0.25, 0.3) is 0 Å². The fraction of sp³-hybridized carbons (Fsp3) is 0.765. The van der Waals surface area contributed by atoms with Gasteiger partial charge in [-0.05, 0) is 45.1 Å². The third kappa shape index (κ3) is 5.84. The van der Waals surface area contributed by atoms with E-state index in [2.05, 4.69) is 39.4 Å². The Bertz CT molecular complexity index is 529. The molecule has 3 rings (SSSR count). The van der Waals surface area contributed by atoms with Crippen LogP contribution < -0.4 is 10.6 Å². The van der Waals surface area contributed by atoms with Crippen molar-refractivity contribution < 1.29 is 0 Å². The van der Waals surface area contributed by atoms with Crippen LogP contribution in [0.2, 0.25) is 0 Å². The van der Waals surface area contributed by atoms with E-state index in [1.165, 1.54) is 37.2 Å². The van der Waals surface area contributed by atoms with Crippen molar-refractivity contribution in [2.45, 2.75) is 52.1 Å². The van der Waals surface area contributed by atoms with E-state index in [-0.39, 0.29) is 24.0 Å². The maximum Gasteiger partial charge on any atom is 0.191 e. The molecule has 1 aliphatic carbocycles. The van der Waals surface area contributed by atoms with Gasteiger partial charge in [0.25, 0.3) is 0 Å². The van der Waals surface area contributed by atoms with Crippen molar-refractivity contribution in [2.24, 2.45) is 10.9 Å². The summed E-state index contributed by atoms with van der Waals surface area (Å²) >= 11 is 1.77. The highest BCUT2D eigenvalue weighted by Crippen LogP contribution is 2.31. The molecule has 0 spiro atoms. The lowest BCUT2D eigenvalue weighted by atomic mass is 10.1. The first-order chi connectivity index (χ1) is 11.3. The Kier molecular flexibility index (Phi) is 8.22. The second-order valence-electron chi connectivity index (χ2n) is 6.53. The zero-order chi connectivity index (χ0) is 16.1. The smallest absolute Gasteiger partial charge is 0.191 e. The number of guanidine groups is 1. The van der Waals surface area contributed by atoms with Crippen LogP contribution in [0.5, 0.6) is 0 Å². The first-order valence-electron chi connectivity index (χ1n) is 8.98. The minimum Gasteiger partial charge on any atom is -0.357 e. The molecule has 1 atom stereocenters. The average molecular weight is 463 g/mol. The molecule has 1 saturated carbocycles. The highest BCUT2D eigenvalue weighted by molar-refractivity contribution is 14.0. The number of aliphatic imine (C=N–C) groups is 1. The first-order valence-corrected chi connectivity index (χ1v) is 9.80. The molecule has 24 heavy (non-hydrogen) atoms. The van der Waals surface area contributed by atoms with Crippen molar-refractivity contribution in [1.82, 2.24) is 20.5 Å². The summed E-state index contributed by atoms with van der Waals surface area (Å²) in [5.41, 5.74) is 0. The number of likely N-dealkylation sites (tertiary alicyclic amines) is 1. The summed E-state index contributed by atoms with van der Waals surface area (Å²) in [6.45, 7) is 9.39. The van der Waals surface area contributed by atoms with Gasteiger partial charge >= 0.3 is 0 Å². The molecule has 7 heteroatoms. The lowest BCUT2D eigenvalue weighted by molar-refractivity contribution is 0.314. The van der Waals surface area contributed by atoms with Gasteiger partial charge in [0, 0.05) is 36.8 Å². The summed E-state index contributed by atoms with van der Waals surface area (Å²) in [6.07, 6.45) is 7.17. The molecule has 2 N–H and O–H groups in total. The molecular weight excluding hydrogens is 433 g/mol. The van der Waals surface area contributed by atoms with Crippen LogP contribution >= 0.6 is 35.3 Å². The Morgan fingerprint density at radius 2 is 2.17 bits per heavy atom. The monoisotopic (exact) mass is 463 g/mol. The van der Waals surface area contributed by atoms with Gasteiger partial charge in [0.05, 0.1) is 6.54 Å². The normalized spacial score (nSPS) is 21.6. The largest absolute Gasteiger partial charge is 0.357 e. The zero-order valence-corrected chi connectivity index (χ0v) is 17.9. The van der Waals surface area contributed by atoms with E-state index < -0.39 is 0 Å². The van der Waals surface area contributed by atoms with Crippen LogP contribution in [-0.4, -0.2) is 48.1 Å². The van der Waals surface area contributed by atoms with Gasteiger partial charge in [0.1, 0.15) is 5.01 Å². The summed E-state index contributed by atoms with van der Waals surface area (Å²) in [5.74, 6) is 1.68. The molecule has 1 aromatic heterocycles. The molecule has 2 heterocycles. The van der Waals surface area contributed by atoms with E-state index in [1.807, 2.05) is 6.20 Å². The third-order valence-electron chi connectivity index (χ3n) is 4.61. The Morgan fingerprint density at radius 1 is 1.33 bits per heavy atom. The highest BCUT2D eigenvalue weighted by Gasteiger charge is 2.34. The van der Waals surface area contributed by atoms with Crippen molar-refractivity contribution >= 4 is 41.3 Å². The van der Waals surface area contributed by atoms with Crippen LogP contribution in [0, 0.1) is 5.92 Å². The lowest BCUT2D eigenvalue weighted by Gasteiger charge is -2.16. The van der Waals surface area contributed by atoms with Crippen molar-refractivity contribution in [2.75, 3.05) is 26.2 Å². The van der Waals surface area contributed by atoms with Gasteiger partial charge < -0.3 is 15.5 Å². The number of aryl methyl sites for hydroxylation is 1. The number of nitrogens with zero attached hydrogens (tertiary/aromatic N) is 3. The van der Waals surface area contributed by atoms with Crippen LogP contribution in [-0.2, 0) is 13.0 Å². The van der Waals surface area contributed by atoms with E-state index >= 15 is 0 Å². The van der Waals surface area contributed by atoms with E-state index in [0.717, 1.165) is 42.4 Å². The molecule has 1 saturated heterocycles. The standard InChI is InChI=1S/C17H29N5S.HI/c1-3-15-10-19-16(23-15)11-21-17(18-4-2)20-9-13-7-8-22(12-13)14-5-6-14;/h10,13-14H,3-9,11-12H2,1-2H3,(H2,18,20,21);1H. The van der Waals surface area contributed by atoms with Gasteiger partial charge in [-0.25, -0.2) is 9.98 Å². The molecule has 2 aliphatic rings. The Morgan fingerprint density at radius 3 is 2.83 bits per heavy atom. The predicted octanol–water partition coefficient (Wildman–Crippen LogP) is 2.86. The third-order valence-corrected chi connectivity index (χ3v) is 5.73. The highest BCUT2D eigenvalue weighted by atomic mass is 127. The molecule has 0 radical (unpaired) electrons. The maximum atomic E-state index is 4.69. The number of hydrogen-bond acceptors (Lipinski definition) is 4. The predicted molar refractivity (Wildman–Crippen MR) is 112 cm³/mol. The van der Waals surface area contributed by atoms with E-state index in [4.69, 9.17) is 0 Å². The Labute approximate surface area is 166 Å². The van der Waals surface area contributed by atoms with Gasteiger partial charge in [0.15, 0.2) is 5.96 Å². The number of hydrogen-bond donors (Lipinski definition) is 2. The molecule has 0 aromatic carbocycles. The van der Waals surface area contributed by atoms with Gasteiger partial charge in [-0.1, -0.05) is 6.92 Å². The van der Waals surface area contributed by atoms with E-state index in [9.17, 15) is 0 Å². The van der Waals surface area contributed by atoms with Gasteiger partial charge in [0.2, 0.25) is 0 Å². The van der Waals surface area contributed by atoms with E-state index in [1.54, 1.807) is 11.3 Å². The summed E-state index contributed by atoms with van der Waals surface area (Å²) < 4.78 is 0. The minimum atomic E-state index is 0. The Balaban J connectivity index is 0.00000208. The second kappa shape index (κ2) is 9.91. The number of nitrogens with one attached hydrogen (secondary N) is 2. The maximum absolute atomic E-state index is 4.69. The van der Waals surface area contributed by atoms with Crippen molar-refractivity contribution in [1.29, 1.82) is 0 Å². The molecular formula is C17H30IN5S. The summed E-state index contributed by atoms with van der Waals surface area (Å²) in [6, 6.07) is 0.902. The average Bonchev–Trinajstić information content (AvgIpc) is 3.13. The fourth-order valence-electron chi connectivity index (χ4n) is 3.11. The summed E-state index contributed by atoms with van der Waals surface area (Å²) in [7, 11) is 0. The quantitative estimate of drug-likeness (QED) is 0.371. The van der Waals surface area contributed by atoms with Crippen molar-refractivity contribution in [3.8, 4) is 0 Å². The number of halogens is 1. The van der Waals surface area contributed by atoms with Crippen LogP contribution in [0.3, 0.4) is 0 Å². The lowest BCUT2D eigenvalue weighted by Crippen LogP contribution is -2.40. The van der Waals surface area contributed by atoms with Crippen LogP contribution in [0.15, 0.2) is 11.2 Å². The molecule has 0 bridgehead atoms. The number of thiazole rings is 1. The molecule has 5 nitrogen and oxygen atoms in total. The fourth-order valence-corrected chi connectivity index (χ4v) is 3.90. The van der Waals surface area contributed by atoms with Gasteiger partial charge in [-0.15, -0.1) is 35.3 Å². The van der Waals surface area contributed by atoms with Crippen molar-refractivity contribution in [3.05, 3.63) is 16.1 Å². The number of rotatable bonds is 7. The summed E-state index contributed by atoms with van der Waals surface area (Å²) in [5, 5.41) is 7.97. The first kappa shape index (κ1) is 19.9. The number of aromatic nitrogens is 1.